The van der Waals surface area contributed by atoms with Crippen molar-refractivity contribution < 1.29 is 9.26 Å². The van der Waals surface area contributed by atoms with Crippen molar-refractivity contribution in [3.05, 3.63) is 66.1 Å². The molecule has 2 aromatic carbocycles. The fraction of sp³-hybridized carbons (Fsp3) is 0.263. The number of aromatic nitrogens is 2. The molecular formula is C19H21N3O2. The second-order valence-corrected chi connectivity index (χ2v) is 5.76. The molecule has 124 valence electrons. The third-order valence-corrected chi connectivity index (χ3v) is 4.08. The molecule has 0 bridgehead atoms. The highest BCUT2D eigenvalue weighted by molar-refractivity contribution is 5.53. The van der Waals surface area contributed by atoms with E-state index in [2.05, 4.69) is 34.1 Å². The highest BCUT2D eigenvalue weighted by atomic mass is 16.5. The molecule has 0 amide bonds. The fourth-order valence-corrected chi connectivity index (χ4v) is 2.45. The van der Waals surface area contributed by atoms with Gasteiger partial charge in [0.05, 0.1) is 13.2 Å². The Morgan fingerprint density at radius 1 is 1.08 bits per heavy atom. The van der Waals surface area contributed by atoms with Crippen LogP contribution < -0.4 is 4.74 Å². The van der Waals surface area contributed by atoms with Crippen LogP contribution in [0.4, 0.5) is 0 Å². The molecule has 0 fully saturated rings. The van der Waals surface area contributed by atoms with Crippen LogP contribution in [0, 0.1) is 0 Å². The number of rotatable bonds is 6. The van der Waals surface area contributed by atoms with Crippen molar-refractivity contribution in [3.8, 4) is 17.1 Å². The van der Waals surface area contributed by atoms with Gasteiger partial charge in [-0.25, -0.2) is 0 Å². The van der Waals surface area contributed by atoms with E-state index >= 15 is 0 Å². The standard InChI is InChI=1S/C19H21N3O2/c1-14(22(2)13-15-9-11-17(23-3)12-10-15)19-20-18(21-24-19)16-7-5-4-6-8-16/h4-12,14H,13H2,1-3H3. The molecule has 3 rings (SSSR count). The largest absolute Gasteiger partial charge is 0.497 e. The average molecular weight is 323 g/mol. The van der Waals surface area contributed by atoms with Gasteiger partial charge in [-0.1, -0.05) is 47.6 Å². The van der Waals surface area contributed by atoms with E-state index < -0.39 is 0 Å². The lowest BCUT2D eigenvalue weighted by Gasteiger charge is -2.21. The molecule has 5 nitrogen and oxygen atoms in total. The summed E-state index contributed by atoms with van der Waals surface area (Å²) < 4.78 is 10.6. The molecule has 0 radical (unpaired) electrons. The lowest BCUT2D eigenvalue weighted by Crippen LogP contribution is -2.22. The van der Waals surface area contributed by atoms with E-state index in [-0.39, 0.29) is 6.04 Å². The van der Waals surface area contributed by atoms with Crippen LogP contribution in [0.5, 0.6) is 5.75 Å². The van der Waals surface area contributed by atoms with E-state index in [4.69, 9.17) is 9.26 Å². The minimum Gasteiger partial charge on any atom is -0.497 e. The Morgan fingerprint density at radius 2 is 1.79 bits per heavy atom. The van der Waals surface area contributed by atoms with E-state index in [0.717, 1.165) is 17.9 Å². The highest BCUT2D eigenvalue weighted by Crippen LogP contribution is 2.23. The van der Waals surface area contributed by atoms with E-state index in [0.29, 0.717) is 11.7 Å². The van der Waals surface area contributed by atoms with E-state index in [1.807, 2.05) is 49.5 Å². The first kappa shape index (κ1) is 16.2. The van der Waals surface area contributed by atoms with Crippen LogP contribution in [-0.2, 0) is 6.54 Å². The zero-order valence-electron chi connectivity index (χ0n) is 14.1. The van der Waals surface area contributed by atoms with Gasteiger partial charge in [-0.3, -0.25) is 4.90 Å². The lowest BCUT2D eigenvalue weighted by atomic mass is 10.2. The number of hydrogen-bond acceptors (Lipinski definition) is 5. The summed E-state index contributed by atoms with van der Waals surface area (Å²) in [4.78, 5) is 6.70. The summed E-state index contributed by atoms with van der Waals surface area (Å²) in [6.45, 7) is 2.85. The summed E-state index contributed by atoms with van der Waals surface area (Å²) in [5.41, 5.74) is 2.16. The molecule has 3 aromatic rings. The van der Waals surface area contributed by atoms with Gasteiger partial charge in [-0.2, -0.15) is 4.98 Å². The first-order valence-electron chi connectivity index (χ1n) is 7.89. The molecule has 0 aliphatic heterocycles. The molecule has 0 N–H and O–H groups in total. The number of benzene rings is 2. The maximum Gasteiger partial charge on any atom is 0.244 e. The molecule has 0 saturated heterocycles. The van der Waals surface area contributed by atoms with E-state index in [9.17, 15) is 0 Å². The molecule has 0 spiro atoms. The molecule has 24 heavy (non-hydrogen) atoms. The SMILES string of the molecule is COc1ccc(CN(C)C(C)c2nc(-c3ccccc3)no2)cc1. The van der Waals surface area contributed by atoms with Crippen LogP contribution in [0.15, 0.2) is 59.1 Å². The lowest BCUT2D eigenvalue weighted by molar-refractivity contribution is 0.202. The Labute approximate surface area is 141 Å². The van der Waals surface area contributed by atoms with Crippen molar-refractivity contribution in [3.63, 3.8) is 0 Å². The van der Waals surface area contributed by atoms with Gasteiger partial charge in [0, 0.05) is 12.1 Å². The molecule has 0 aliphatic rings. The van der Waals surface area contributed by atoms with Crippen molar-refractivity contribution in [2.75, 3.05) is 14.2 Å². The van der Waals surface area contributed by atoms with Crippen molar-refractivity contribution in [2.24, 2.45) is 0 Å². The predicted molar refractivity (Wildman–Crippen MR) is 92.6 cm³/mol. The van der Waals surface area contributed by atoms with Gasteiger partial charge in [-0.15, -0.1) is 0 Å². The fourth-order valence-electron chi connectivity index (χ4n) is 2.45. The Bertz CT molecular complexity index is 769. The number of nitrogens with zero attached hydrogens (tertiary/aromatic N) is 3. The summed E-state index contributed by atoms with van der Waals surface area (Å²) in [5.74, 6) is 2.10. The molecule has 1 aromatic heterocycles. The molecule has 0 aliphatic carbocycles. The van der Waals surface area contributed by atoms with Gasteiger partial charge in [0.25, 0.3) is 0 Å². The topological polar surface area (TPSA) is 51.4 Å². The first-order valence-corrected chi connectivity index (χ1v) is 7.89. The summed E-state index contributed by atoms with van der Waals surface area (Å²) in [6, 6.07) is 17.9. The first-order chi connectivity index (χ1) is 11.7. The minimum absolute atomic E-state index is 0.0251. The van der Waals surface area contributed by atoms with Crippen molar-refractivity contribution in [1.82, 2.24) is 15.0 Å². The highest BCUT2D eigenvalue weighted by Gasteiger charge is 2.19. The third-order valence-electron chi connectivity index (χ3n) is 4.08. The molecule has 0 saturated carbocycles. The summed E-state index contributed by atoms with van der Waals surface area (Å²) in [7, 11) is 3.71. The van der Waals surface area contributed by atoms with Gasteiger partial charge in [0.15, 0.2) is 0 Å². The zero-order chi connectivity index (χ0) is 16.9. The van der Waals surface area contributed by atoms with Crippen LogP contribution in [0.2, 0.25) is 0 Å². The molecule has 1 atom stereocenters. The van der Waals surface area contributed by atoms with Gasteiger partial charge < -0.3 is 9.26 Å². The third kappa shape index (κ3) is 3.63. The Morgan fingerprint density at radius 3 is 2.46 bits per heavy atom. The second kappa shape index (κ2) is 7.27. The molecule has 5 heteroatoms. The zero-order valence-corrected chi connectivity index (χ0v) is 14.1. The molecular weight excluding hydrogens is 302 g/mol. The van der Waals surface area contributed by atoms with Crippen molar-refractivity contribution >= 4 is 0 Å². The number of methoxy groups -OCH3 is 1. The van der Waals surface area contributed by atoms with Gasteiger partial charge >= 0.3 is 0 Å². The second-order valence-electron chi connectivity index (χ2n) is 5.76. The minimum atomic E-state index is 0.0251. The van der Waals surface area contributed by atoms with E-state index in [1.54, 1.807) is 7.11 Å². The van der Waals surface area contributed by atoms with Gasteiger partial charge in [-0.05, 0) is 31.7 Å². The van der Waals surface area contributed by atoms with E-state index in [1.165, 1.54) is 5.56 Å². The predicted octanol–water partition coefficient (Wildman–Crippen LogP) is 3.94. The van der Waals surface area contributed by atoms with Crippen LogP contribution in [-0.4, -0.2) is 29.2 Å². The summed E-state index contributed by atoms with van der Waals surface area (Å²) >= 11 is 0. The Balaban J connectivity index is 1.69. The number of ether oxygens (including phenoxy) is 1. The Kier molecular flexibility index (Phi) is 4.91. The van der Waals surface area contributed by atoms with Gasteiger partial charge in [0.2, 0.25) is 11.7 Å². The monoisotopic (exact) mass is 323 g/mol. The van der Waals surface area contributed by atoms with Crippen molar-refractivity contribution in [1.29, 1.82) is 0 Å². The quantitative estimate of drug-likeness (QED) is 0.688. The smallest absolute Gasteiger partial charge is 0.244 e. The summed E-state index contributed by atoms with van der Waals surface area (Å²) in [6.07, 6.45) is 0. The molecule has 1 unspecified atom stereocenters. The van der Waals surface area contributed by atoms with Crippen LogP contribution in [0.25, 0.3) is 11.4 Å². The molecule has 1 heterocycles. The normalized spacial score (nSPS) is 12.3. The maximum atomic E-state index is 5.45. The average Bonchev–Trinajstić information content (AvgIpc) is 3.12. The van der Waals surface area contributed by atoms with Gasteiger partial charge in [0.1, 0.15) is 5.75 Å². The maximum absolute atomic E-state index is 5.45. The number of hydrogen-bond donors (Lipinski definition) is 0. The van der Waals surface area contributed by atoms with Crippen LogP contribution in [0.3, 0.4) is 0 Å². The Hall–Kier alpha value is -2.66. The summed E-state index contributed by atoms with van der Waals surface area (Å²) in [5, 5.41) is 4.09. The van der Waals surface area contributed by atoms with Crippen LogP contribution >= 0.6 is 0 Å². The van der Waals surface area contributed by atoms with Crippen LogP contribution in [0.1, 0.15) is 24.4 Å². The van der Waals surface area contributed by atoms with Crippen molar-refractivity contribution in [2.45, 2.75) is 19.5 Å².